The van der Waals surface area contributed by atoms with Crippen LogP contribution in [0.5, 0.6) is 0 Å². The second-order valence-corrected chi connectivity index (χ2v) is 11.2. The molecule has 2 aliphatic heterocycles. The third-order valence-corrected chi connectivity index (χ3v) is 9.10. The Kier molecular flexibility index (Phi) is 7.09. The molecule has 1 saturated carbocycles. The molecule has 6 heteroatoms. The summed E-state index contributed by atoms with van der Waals surface area (Å²) in [5.74, 6) is 1.38. The first kappa shape index (κ1) is 23.6. The highest BCUT2D eigenvalue weighted by Gasteiger charge is 2.44. The second-order valence-electron chi connectivity index (χ2n) is 10.1. The number of hydrogen-bond acceptors (Lipinski definition) is 5. The average molecular weight is 479 g/mol. The lowest BCUT2D eigenvalue weighted by molar-refractivity contribution is -0.00785. The molecule has 0 radical (unpaired) electrons. The van der Waals surface area contributed by atoms with Crippen LogP contribution in [0, 0.1) is 11.8 Å². The number of aliphatic hydroxyl groups excluding tert-OH is 1. The molecule has 2 heterocycles. The topological polar surface area (TPSA) is 60.9 Å². The molecular formula is C28H34N2O3S. The van der Waals surface area contributed by atoms with Crippen molar-refractivity contribution in [1.29, 1.82) is 0 Å². The summed E-state index contributed by atoms with van der Waals surface area (Å²) < 4.78 is 0. The van der Waals surface area contributed by atoms with Gasteiger partial charge < -0.3 is 5.11 Å². The quantitative estimate of drug-likeness (QED) is 0.462. The van der Waals surface area contributed by atoms with Gasteiger partial charge in [0.25, 0.3) is 11.8 Å². The van der Waals surface area contributed by atoms with E-state index in [9.17, 15) is 14.7 Å². The summed E-state index contributed by atoms with van der Waals surface area (Å²) in [6.45, 7) is 3.74. The molecular weight excluding hydrogens is 444 g/mol. The first-order valence-electron chi connectivity index (χ1n) is 12.6. The van der Waals surface area contributed by atoms with E-state index in [2.05, 4.69) is 11.8 Å². The molecule has 5 rings (SSSR count). The van der Waals surface area contributed by atoms with Gasteiger partial charge in [0, 0.05) is 29.8 Å². The van der Waals surface area contributed by atoms with E-state index in [4.69, 9.17) is 0 Å². The van der Waals surface area contributed by atoms with Crippen molar-refractivity contribution in [1.82, 2.24) is 9.80 Å². The van der Waals surface area contributed by atoms with Crippen LogP contribution in [0.1, 0.15) is 59.7 Å². The molecule has 3 aliphatic rings. The molecule has 1 saturated heterocycles. The molecule has 2 aromatic carbocycles. The lowest BCUT2D eigenvalue weighted by atomic mass is 9.73. The average Bonchev–Trinajstić information content (AvgIpc) is 3.11. The van der Waals surface area contributed by atoms with E-state index in [-0.39, 0.29) is 11.8 Å². The monoisotopic (exact) mass is 478 g/mol. The predicted octanol–water partition coefficient (Wildman–Crippen LogP) is 4.71. The number of amides is 2. The fourth-order valence-electron chi connectivity index (χ4n) is 6.09. The summed E-state index contributed by atoms with van der Waals surface area (Å²) in [4.78, 5) is 31.3. The van der Waals surface area contributed by atoms with Gasteiger partial charge in [-0.2, -0.15) is 0 Å². The molecule has 1 N–H and O–H groups in total. The zero-order chi connectivity index (χ0) is 23.7. The van der Waals surface area contributed by atoms with Crippen molar-refractivity contribution in [3.63, 3.8) is 0 Å². The lowest BCUT2D eigenvalue weighted by Crippen LogP contribution is -2.55. The summed E-state index contributed by atoms with van der Waals surface area (Å²) in [5, 5.41) is 11.5. The number of piperidine rings is 1. The van der Waals surface area contributed by atoms with Gasteiger partial charge >= 0.3 is 0 Å². The van der Waals surface area contributed by atoms with Crippen LogP contribution < -0.4 is 0 Å². The van der Waals surface area contributed by atoms with Gasteiger partial charge in [-0.1, -0.05) is 49.6 Å². The number of thioether (sulfide) groups is 1. The Morgan fingerprint density at radius 1 is 0.941 bits per heavy atom. The molecule has 34 heavy (non-hydrogen) atoms. The van der Waals surface area contributed by atoms with Crippen molar-refractivity contribution in [2.75, 3.05) is 18.8 Å². The number of rotatable bonds is 7. The van der Waals surface area contributed by atoms with E-state index in [0.717, 1.165) is 17.4 Å². The zero-order valence-electron chi connectivity index (χ0n) is 19.8. The highest BCUT2D eigenvalue weighted by Crippen LogP contribution is 2.39. The number of fused-ring (bicyclic) bond motifs is 2. The molecule has 0 aromatic heterocycles. The van der Waals surface area contributed by atoms with Crippen molar-refractivity contribution in [2.24, 2.45) is 11.8 Å². The second kappa shape index (κ2) is 10.2. The molecule has 5 unspecified atom stereocenters. The number of carbonyl (C=O) groups is 2. The minimum atomic E-state index is -0.805. The maximum Gasteiger partial charge on any atom is 0.261 e. The summed E-state index contributed by atoms with van der Waals surface area (Å²) >= 11 is 1.58. The van der Waals surface area contributed by atoms with E-state index in [1.807, 2.05) is 30.3 Å². The molecule has 2 aromatic rings. The minimum absolute atomic E-state index is 0.294. The van der Waals surface area contributed by atoms with E-state index in [0.29, 0.717) is 35.4 Å². The van der Waals surface area contributed by atoms with Gasteiger partial charge in [-0.15, -0.1) is 11.8 Å². The number of β-amino-alcohol motifs (C(OH)–C–C–N with tert-alkyl or cyclic N) is 1. The third-order valence-electron chi connectivity index (χ3n) is 7.99. The molecule has 0 bridgehead atoms. The number of hydrogen-bond donors (Lipinski definition) is 1. The van der Waals surface area contributed by atoms with Crippen LogP contribution >= 0.6 is 11.8 Å². The molecule has 0 spiro atoms. The summed E-state index contributed by atoms with van der Waals surface area (Å²) in [5.41, 5.74) is 0.872. The highest BCUT2D eigenvalue weighted by molar-refractivity contribution is 7.99. The van der Waals surface area contributed by atoms with E-state index >= 15 is 0 Å². The van der Waals surface area contributed by atoms with Crippen molar-refractivity contribution in [3.8, 4) is 0 Å². The van der Waals surface area contributed by atoms with Crippen LogP contribution in [0.25, 0.3) is 0 Å². The number of carbonyl (C=O) groups excluding carboxylic acids is 2. The summed E-state index contributed by atoms with van der Waals surface area (Å²) in [7, 11) is 0. The van der Waals surface area contributed by atoms with E-state index in [1.54, 1.807) is 36.0 Å². The molecule has 2 amide bonds. The smallest absolute Gasteiger partial charge is 0.261 e. The fraction of sp³-hybridized carbons (Fsp3) is 0.500. The van der Waals surface area contributed by atoms with Gasteiger partial charge in [0.05, 0.1) is 23.3 Å². The van der Waals surface area contributed by atoms with Crippen LogP contribution in [0.3, 0.4) is 0 Å². The molecule has 180 valence electrons. The Balaban J connectivity index is 1.36. The fourth-order valence-corrected chi connectivity index (χ4v) is 7.17. The largest absolute Gasteiger partial charge is 0.390 e. The third kappa shape index (κ3) is 4.68. The van der Waals surface area contributed by atoms with Crippen LogP contribution in [0.15, 0.2) is 59.5 Å². The van der Waals surface area contributed by atoms with Crippen LogP contribution in [-0.4, -0.2) is 63.8 Å². The van der Waals surface area contributed by atoms with Crippen LogP contribution in [0.4, 0.5) is 0 Å². The van der Waals surface area contributed by atoms with Crippen molar-refractivity contribution >= 4 is 23.6 Å². The highest BCUT2D eigenvalue weighted by atomic mass is 32.2. The van der Waals surface area contributed by atoms with Crippen LogP contribution in [0.2, 0.25) is 0 Å². The Morgan fingerprint density at radius 2 is 1.56 bits per heavy atom. The van der Waals surface area contributed by atoms with Crippen molar-refractivity contribution in [3.05, 3.63) is 65.7 Å². The van der Waals surface area contributed by atoms with Crippen molar-refractivity contribution in [2.45, 2.75) is 62.1 Å². The Bertz CT molecular complexity index is 994. The first-order valence-corrected chi connectivity index (χ1v) is 13.6. The standard InChI is InChI=1S/C28H34N2O3S/c1-19-15-20-9-5-6-10-21(20)16-29(19)17-26(31)25(18-34-22-11-3-2-4-12-22)30-27(32)23-13-7-8-14-24(23)28(30)33/h2-4,7-8,11-14,19-21,25-26,31H,5-6,9-10,15-18H2,1H3. The van der Waals surface area contributed by atoms with Gasteiger partial charge in [0.2, 0.25) is 0 Å². The van der Waals surface area contributed by atoms with E-state index in [1.165, 1.54) is 37.0 Å². The number of imide groups is 1. The van der Waals surface area contributed by atoms with Gasteiger partial charge in [-0.25, -0.2) is 0 Å². The van der Waals surface area contributed by atoms with Crippen molar-refractivity contribution < 1.29 is 14.7 Å². The Morgan fingerprint density at radius 3 is 2.24 bits per heavy atom. The summed E-state index contributed by atoms with van der Waals surface area (Å²) in [6, 6.07) is 16.8. The maximum atomic E-state index is 13.3. The zero-order valence-corrected chi connectivity index (χ0v) is 20.6. The molecule has 2 fully saturated rings. The number of nitrogens with zero attached hydrogens (tertiary/aromatic N) is 2. The van der Waals surface area contributed by atoms with Gasteiger partial charge in [0.15, 0.2) is 0 Å². The van der Waals surface area contributed by atoms with Gasteiger partial charge in [-0.05, 0) is 55.9 Å². The van der Waals surface area contributed by atoms with Gasteiger partial charge in [0.1, 0.15) is 0 Å². The minimum Gasteiger partial charge on any atom is -0.390 e. The van der Waals surface area contributed by atoms with Crippen LogP contribution in [-0.2, 0) is 0 Å². The first-order chi connectivity index (χ1) is 16.5. The Hall–Kier alpha value is -2.15. The maximum absolute atomic E-state index is 13.3. The molecule has 5 atom stereocenters. The number of benzene rings is 2. The number of likely N-dealkylation sites (tertiary alicyclic amines) is 1. The van der Waals surface area contributed by atoms with E-state index < -0.39 is 12.1 Å². The molecule has 1 aliphatic carbocycles. The van der Waals surface area contributed by atoms with Gasteiger partial charge in [-0.3, -0.25) is 19.4 Å². The SMILES string of the molecule is CC1CC2CCCCC2CN1CC(O)C(CSc1ccccc1)N1C(=O)c2ccccc2C1=O. The summed E-state index contributed by atoms with van der Waals surface area (Å²) in [6.07, 6.45) is 5.62. The Labute approximate surface area is 206 Å². The normalized spacial score (nSPS) is 26.8. The predicted molar refractivity (Wildman–Crippen MR) is 135 cm³/mol. The number of aliphatic hydroxyl groups is 1. The molecule has 5 nitrogen and oxygen atoms in total. The lowest BCUT2D eigenvalue weighted by Gasteiger charge is -2.46.